The Kier molecular flexibility index (Phi) is 4.52. The van der Waals surface area contributed by atoms with Crippen molar-refractivity contribution in [2.45, 2.75) is 37.8 Å². The van der Waals surface area contributed by atoms with Crippen molar-refractivity contribution in [3.05, 3.63) is 0 Å². The van der Waals surface area contributed by atoms with Crippen molar-refractivity contribution in [3.63, 3.8) is 0 Å². The molecule has 0 aromatic carbocycles. The van der Waals surface area contributed by atoms with E-state index in [-0.39, 0.29) is 18.2 Å². The number of carbonyl (C=O) groups is 1. The average molecular weight is 231 g/mol. The molecule has 6 heteroatoms. The maximum Gasteiger partial charge on any atom is 0.316 e. The first-order valence-corrected chi connectivity index (χ1v) is 5.44. The summed E-state index contributed by atoms with van der Waals surface area (Å²) in [4.78, 5) is 13.1. The predicted octanol–water partition coefficient (Wildman–Crippen LogP) is -0.659. The van der Waals surface area contributed by atoms with Gasteiger partial charge in [0, 0.05) is 13.1 Å². The summed E-state index contributed by atoms with van der Waals surface area (Å²) < 4.78 is 5.50. The predicted molar refractivity (Wildman–Crippen MR) is 60.0 cm³/mol. The Balaban J connectivity index is 2.65. The molecule has 1 unspecified atom stereocenters. The topological polar surface area (TPSA) is 73.8 Å². The van der Waals surface area contributed by atoms with Crippen LogP contribution in [-0.4, -0.2) is 61.7 Å². The fourth-order valence-corrected chi connectivity index (χ4v) is 1.90. The Morgan fingerprint density at radius 3 is 2.62 bits per heavy atom. The fourth-order valence-electron chi connectivity index (χ4n) is 1.90. The molecule has 3 N–H and O–H groups in total. The van der Waals surface area contributed by atoms with Crippen LogP contribution in [0, 0.1) is 0 Å². The summed E-state index contributed by atoms with van der Waals surface area (Å²) in [5, 5.41) is 15.1. The Hall–Kier alpha value is -0.850. The number of nitrogens with one attached hydrogen (secondary N) is 2. The molecule has 0 saturated carbocycles. The lowest BCUT2D eigenvalue weighted by atomic mass is 9.98. The van der Waals surface area contributed by atoms with E-state index in [2.05, 4.69) is 10.6 Å². The molecule has 4 atom stereocenters. The van der Waals surface area contributed by atoms with Crippen LogP contribution in [0.3, 0.4) is 0 Å². The van der Waals surface area contributed by atoms with Crippen LogP contribution in [-0.2, 0) is 4.74 Å². The van der Waals surface area contributed by atoms with E-state index >= 15 is 0 Å². The monoisotopic (exact) mass is 231 g/mol. The van der Waals surface area contributed by atoms with Gasteiger partial charge in [0.25, 0.3) is 0 Å². The van der Waals surface area contributed by atoms with Gasteiger partial charge in [0.1, 0.15) is 6.10 Å². The van der Waals surface area contributed by atoms with Crippen molar-refractivity contribution in [1.82, 2.24) is 15.5 Å². The number of aliphatic hydroxyl groups excluding tert-OH is 1. The van der Waals surface area contributed by atoms with Gasteiger partial charge < -0.3 is 25.4 Å². The minimum absolute atomic E-state index is 0.00842. The summed E-state index contributed by atoms with van der Waals surface area (Å²) in [5.74, 6) is 0. The molecular weight excluding hydrogens is 210 g/mol. The van der Waals surface area contributed by atoms with E-state index in [0.717, 1.165) is 6.42 Å². The molecule has 0 bridgehead atoms. The molecule has 0 aromatic heterocycles. The van der Waals surface area contributed by atoms with Gasteiger partial charge in [-0.2, -0.15) is 0 Å². The first-order valence-electron chi connectivity index (χ1n) is 5.44. The van der Waals surface area contributed by atoms with Crippen molar-refractivity contribution in [1.29, 1.82) is 0 Å². The third-order valence-electron chi connectivity index (χ3n) is 2.82. The molecule has 1 fully saturated rings. The maximum absolute atomic E-state index is 11.2. The number of hydrogen-bond acceptors (Lipinski definition) is 4. The van der Waals surface area contributed by atoms with Crippen LogP contribution in [0.2, 0.25) is 0 Å². The highest BCUT2D eigenvalue weighted by molar-refractivity contribution is 5.73. The molecule has 2 amide bonds. The van der Waals surface area contributed by atoms with E-state index in [9.17, 15) is 9.90 Å². The van der Waals surface area contributed by atoms with Crippen LogP contribution in [0.4, 0.5) is 4.79 Å². The molecule has 1 rings (SSSR count). The number of carbonyl (C=O) groups excluding carboxylic acids is 1. The summed E-state index contributed by atoms with van der Waals surface area (Å²) >= 11 is 0. The van der Waals surface area contributed by atoms with Crippen LogP contribution < -0.4 is 10.6 Å². The lowest BCUT2D eigenvalue weighted by Gasteiger charge is -2.41. The Morgan fingerprint density at radius 1 is 1.50 bits per heavy atom. The molecule has 1 heterocycles. The van der Waals surface area contributed by atoms with E-state index in [1.807, 2.05) is 25.9 Å². The standard InChI is InChI=1S/C10H21N3O3/c1-6-5-7(13(3)4)8(14)9(16-6)12-10(15)11-2/h6-9,14H,5H2,1-4H3,(H2,11,12,15)/t6-,7+,8-,9?/m1/s1. The van der Waals surface area contributed by atoms with Crippen LogP contribution >= 0.6 is 0 Å². The molecule has 0 radical (unpaired) electrons. The second kappa shape index (κ2) is 5.47. The first kappa shape index (κ1) is 13.2. The van der Waals surface area contributed by atoms with Crippen molar-refractivity contribution in [2.24, 2.45) is 0 Å². The van der Waals surface area contributed by atoms with E-state index < -0.39 is 12.3 Å². The van der Waals surface area contributed by atoms with Gasteiger partial charge in [0.15, 0.2) is 6.23 Å². The van der Waals surface area contributed by atoms with Gasteiger partial charge in [-0.05, 0) is 27.4 Å². The largest absolute Gasteiger partial charge is 0.387 e. The maximum atomic E-state index is 11.2. The number of urea groups is 1. The molecule has 94 valence electrons. The molecule has 0 spiro atoms. The summed E-state index contributed by atoms with van der Waals surface area (Å²) in [6.07, 6.45) is -0.613. The normalized spacial score (nSPS) is 34.9. The highest BCUT2D eigenvalue weighted by atomic mass is 16.5. The molecule has 1 aliphatic heterocycles. The zero-order valence-electron chi connectivity index (χ0n) is 10.2. The molecule has 0 aromatic rings. The van der Waals surface area contributed by atoms with Gasteiger partial charge in [-0.1, -0.05) is 0 Å². The van der Waals surface area contributed by atoms with Gasteiger partial charge in [-0.15, -0.1) is 0 Å². The number of aliphatic hydroxyl groups is 1. The van der Waals surface area contributed by atoms with Crippen molar-refractivity contribution < 1.29 is 14.6 Å². The molecular formula is C10H21N3O3. The number of ether oxygens (including phenoxy) is 1. The van der Waals surface area contributed by atoms with Gasteiger partial charge in [-0.25, -0.2) is 4.79 Å². The minimum Gasteiger partial charge on any atom is -0.387 e. The molecule has 1 saturated heterocycles. The van der Waals surface area contributed by atoms with Gasteiger partial charge >= 0.3 is 6.03 Å². The zero-order chi connectivity index (χ0) is 12.3. The van der Waals surface area contributed by atoms with E-state index in [1.54, 1.807) is 0 Å². The Morgan fingerprint density at radius 2 is 2.12 bits per heavy atom. The zero-order valence-corrected chi connectivity index (χ0v) is 10.2. The number of nitrogens with zero attached hydrogens (tertiary/aromatic N) is 1. The van der Waals surface area contributed by atoms with E-state index in [1.165, 1.54) is 7.05 Å². The molecule has 0 aliphatic carbocycles. The minimum atomic E-state index is -0.719. The lowest BCUT2D eigenvalue weighted by Crippen LogP contribution is -2.60. The highest BCUT2D eigenvalue weighted by Gasteiger charge is 2.37. The third-order valence-corrected chi connectivity index (χ3v) is 2.82. The summed E-state index contributed by atoms with van der Waals surface area (Å²) in [5.41, 5.74) is 0. The van der Waals surface area contributed by atoms with Gasteiger partial charge in [0.05, 0.1) is 6.10 Å². The van der Waals surface area contributed by atoms with Crippen LogP contribution in [0.15, 0.2) is 0 Å². The van der Waals surface area contributed by atoms with Crippen molar-refractivity contribution in [2.75, 3.05) is 21.1 Å². The lowest BCUT2D eigenvalue weighted by molar-refractivity contribution is -0.149. The number of rotatable bonds is 2. The third kappa shape index (κ3) is 3.07. The van der Waals surface area contributed by atoms with Gasteiger partial charge in [-0.3, -0.25) is 0 Å². The molecule has 1 aliphatic rings. The number of likely N-dealkylation sites (N-methyl/N-ethyl adjacent to an activating group) is 1. The molecule has 6 nitrogen and oxygen atoms in total. The highest BCUT2D eigenvalue weighted by Crippen LogP contribution is 2.21. The Bertz CT molecular complexity index is 247. The Labute approximate surface area is 95.9 Å². The van der Waals surface area contributed by atoms with Crippen molar-refractivity contribution >= 4 is 6.03 Å². The van der Waals surface area contributed by atoms with Gasteiger partial charge in [0.2, 0.25) is 0 Å². The van der Waals surface area contributed by atoms with E-state index in [4.69, 9.17) is 4.74 Å². The SMILES string of the molecule is CNC(=O)NC1O[C@H](C)C[C@H](N(C)C)[C@H]1O. The fraction of sp³-hybridized carbons (Fsp3) is 0.900. The van der Waals surface area contributed by atoms with Crippen molar-refractivity contribution in [3.8, 4) is 0 Å². The second-order valence-corrected chi connectivity index (χ2v) is 4.35. The summed E-state index contributed by atoms with van der Waals surface area (Å²) in [7, 11) is 5.34. The van der Waals surface area contributed by atoms with Crippen LogP contribution in [0.25, 0.3) is 0 Å². The molecule has 16 heavy (non-hydrogen) atoms. The van der Waals surface area contributed by atoms with E-state index in [0.29, 0.717) is 0 Å². The quantitative estimate of drug-likeness (QED) is 0.590. The van der Waals surface area contributed by atoms with Crippen LogP contribution in [0.5, 0.6) is 0 Å². The summed E-state index contributed by atoms with van der Waals surface area (Å²) in [6, 6.07) is -0.360. The smallest absolute Gasteiger partial charge is 0.316 e. The number of amides is 2. The first-order chi connectivity index (χ1) is 7.45. The summed E-state index contributed by atoms with van der Waals surface area (Å²) in [6.45, 7) is 1.93. The average Bonchev–Trinajstić information content (AvgIpc) is 2.22. The second-order valence-electron chi connectivity index (χ2n) is 4.35. The van der Waals surface area contributed by atoms with Crippen LogP contribution in [0.1, 0.15) is 13.3 Å². The number of hydrogen-bond donors (Lipinski definition) is 3.